The van der Waals surface area contributed by atoms with Crippen LogP contribution in [-0.2, 0) is 16.1 Å². The van der Waals surface area contributed by atoms with Gasteiger partial charge in [-0.05, 0) is 11.6 Å². The highest BCUT2D eigenvalue weighted by atomic mass is 35.5. The second kappa shape index (κ2) is 9.33. The lowest BCUT2D eigenvalue weighted by Gasteiger charge is -2.27. The number of anilines is 1. The van der Waals surface area contributed by atoms with Gasteiger partial charge in [0.05, 0.1) is 13.2 Å². The average Bonchev–Trinajstić information content (AvgIpc) is 2.68. The van der Waals surface area contributed by atoms with E-state index in [1.807, 2.05) is 11.0 Å². The number of carbonyl (C=O) groups is 1. The predicted molar refractivity (Wildman–Crippen MR) is 96.9 cm³/mol. The number of para-hydroxylation sites is 1. The largest absolute Gasteiger partial charge is 0.378 e. The van der Waals surface area contributed by atoms with Crippen LogP contribution in [0.4, 0.5) is 5.69 Å². The number of nitrogens with zero attached hydrogens (tertiary/aromatic N) is 2. The van der Waals surface area contributed by atoms with Gasteiger partial charge in [-0.1, -0.05) is 18.2 Å². The summed E-state index contributed by atoms with van der Waals surface area (Å²) in [5, 5.41) is 3.35. The number of benzene rings is 1. The van der Waals surface area contributed by atoms with Crippen molar-refractivity contribution in [1.82, 2.24) is 10.2 Å². The van der Waals surface area contributed by atoms with Crippen LogP contribution >= 0.6 is 24.8 Å². The number of rotatable bonds is 2. The maximum atomic E-state index is 12.5. The number of amides is 1. The summed E-state index contributed by atoms with van der Waals surface area (Å²) in [4.78, 5) is 16.7. The minimum Gasteiger partial charge on any atom is -0.378 e. The first-order valence-electron chi connectivity index (χ1n) is 7.62. The molecule has 0 bridgehead atoms. The molecule has 0 spiro atoms. The highest BCUT2D eigenvalue weighted by molar-refractivity contribution is 5.85. The highest BCUT2D eigenvalue weighted by Gasteiger charge is 2.24. The summed E-state index contributed by atoms with van der Waals surface area (Å²) >= 11 is 0. The standard InChI is InChI=1S/C16H23N3O2.2ClH/c1-18-7-8-19(11-13-4-2-3-5-15(13)18)16(20)10-14-12-21-9-6-17-14;;/h2-5,14,17H,6-12H2,1H3;2*1H. The zero-order valence-corrected chi connectivity index (χ0v) is 15.0. The minimum atomic E-state index is 0. The molecule has 0 aliphatic carbocycles. The molecule has 0 aromatic heterocycles. The lowest BCUT2D eigenvalue weighted by atomic mass is 10.1. The maximum absolute atomic E-state index is 12.5. The van der Waals surface area contributed by atoms with Gasteiger partial charge in [-0.2, -0.15) is 0 Å². The van der Waals surface area contributed by atoms with E-state index in [0.29, 0.717) is 19.6 Å². The lowest BCUT2D eigenvalue weighted by Crippen LogP contribution is -2.45. The van der Waals surface area contributed by atoms with Crippen molar-refractivity contribution in [2.24, 2.45) is 0 Å². The van der Waals surface area contributed by atoms with Crippen molar-refractivity contribution < 1.29 is 9.53 Å². The molecule has 1 atom stereocenters. The molecule has 1 aromatic rings. The smallest absolute Gasteiger partial charge is 0.224 e. The van der Waals surface area contributed by atoms with E-state index in [2.05, 4.69) is 35.5 Å². The van der Waals surface area contributed by atoms with Crippen LogP contribution < -0.4 is 10.2 Å². The molecule has 23 heavy (non-hydrogen) atoms. The van der Waals surface area contributed by atoms with Crippen LogP contribution in [0.25, 0.3) is 0 Å². The Morgan fingerprint density at radius 3 is 2.83 bits per heavy atom. The Bertz CT molecular complexity index is 510. The summed E-state index contributed by atoms with van der Waals surface area (Å²) in [6.45, 7) is 4.56. The van der Waals surface area contributed by atoms with Gasteiger partial charge in [-0.25, -0.2) is 0 Å². The number of halogens is 2. The van der Waals surface area contributed by atoms with Crippen LogP contribution in [0.5, 0.6) is 0 Å². The van der Waals surface area contributed by atoms with Crippen LogP contribution in [0.2, 0.25) is 0 Å². The average molecular weight is 362 g/mol. The second-order valence-corrected chi connectivity index (χ2v) is 5.80. The van der Waals surface area contributed by atoms with Crippen molar-refractivity contribution in [2.75, 3.05) is 44.8 Å². The Balaban J connectivity index is 0.00000132. The van der Waals surface area contributed by atoms with Gasteiger partial charge in [-0.15, -0.1) is 24.8 Å². The van der Waals surface area contributed by atoms with E-state index in [-0.39, 0.29) is 36.8 Å². The molecule has 130 valence electrons. The number of likely N-dealkylation sites (N-methyl/N-ethyl adjacent to an activating group) is 1. The van der Waals surface area contributed by atoms with Crippen molar-refractivity contribution in [3.05, 3.63) is 29.8 Å². The zero-order valence-electron chi connectivity index (χ0n) is 13.4. The summed E-state index contributed by atoms with van der Waals surface area (Å²) in [7, 11) is 2.09. The number of carbonyl (C=O) groups excluding carboxylic acids is 1. The molecular formula is C16H25Cl2N3O2. The topological polar surface area (TPSA) is 44.8 Å². The van der Waals surface area contributed by atoms with Crippen molar-refractivity contribution in [2.45, 2.75) is 19.0 Å². The van der Waals surface area contributed by atoms with Gasteiger partial charge in [0.1, 0.15) is 0 Å². The van der Waals surface area contributed by atoms with Crippen LogP contribution in [0.3, 0.4) is 0 Å². The van der Waals surface area contributed by atoms with E-state index in [1.165, 1.54) is 11.3 Å². The second-order valence-electron chi connectivity index (χ2n) is 5.80. The minimum absolute atomic E-state index is 0. The molecule has 2 heterocycles. The summed E-state index contributed by atoms with van der Waals surface area (Å²) in [6, 6.07) is 8.48. The number of morpholine rings is 1. The first-order chi connectivity index (χ1) is 10.2. The molecule has 3 rings (SSSR count). The van der Waals surface area contributed by atoms with Crippen molar-refractivity contribution in [1.29, 1.82) is 0 Å². The summed E-state index contributed by atoms with van der Waals surface area (Å²) in [5.74, 6) is 0.211. The first kappa shape index (κ1) is 20.0. The zero-order chi connectivity index (χ0) is 14.7. The number of fused-ring (bicyclic) bond motifs is 1. The van der Waals surface area contributed by atoms with Gasteiger partial charge in [0.2, 0.25) is 5.91 Å². The Hall–Kier alpha value is -1.01. The number of ether oxygens (including phenoxy) is 1. The van der Waals surface area contributed by atoms with Crippen molar-refractivity contribution >= 4 is 36.4 Å². The van der Waals surface area contributed by atoms with Gasteiger partial charge >= 0.3 is 0 Å². The summed E-state index contributed by atoms with van der Waals surface area (Å²) in [6.07, 6.45) is 0.520. The first-order valence-corrected chi connectivity index (χ1v) is 7.62. The molecule has 0 saturated carbocycles. The van der Waals surface area contributed by atoms with Gasteiger partial charge in [-0.3, -0.25) is 4.79 Å². The fourth-order valence-electron chi connectivity index (χ4n) is 3.00. The highest BCUT2D eigenvalue weighted by Crippen LogP contribution is 2.24. The number of nitrogens with one attached hydrogen (secondary N) is 1. The monoisotopic (exact) mass is 361 g/mol. The Kier molecular flexibility index (Phi) is 8.12. The molecule has 1 amide bonds. The molecule has 2 aliphatic heterocycles. The van der Waals surface area contributed by atoms with Gasteiger partial charge in [0.15, 0.2) is 0 Å². The quantitative estimate of drug-likeness (QED) is 0.870. The van der Waals surface area contributed by atoms with Crippen LogP contribution in [-0.4, -0.2) is 56.7 Å². The van der Waals surface area contributed by atoms with E-state index in [0.717, 1.165) is 26.2 Å². The molecule has 1 unspecified atom stereocenters. The number of hydrogen-bond acceptors (Lipinski definition) is 4. The third kappa shape index (κ3) is 4.98. The van der Waals surface area contributed by atoms with Crippen LogP contribution in [0, 0.1) is 0 Å². The molecule has 1 N–H and O–H groups in total. The van der Waals surface area contributed by atoms with E-state index < -0.39 is 0 Å². The van der Waals surface area contributed by atoms with E-state index in [1.54, 1.807) is 0 Å². The normalized spacial score (nSPS) is 20.7. The summed E-state index contributed by atoms with van der Waals surface area (Å²) in [5.41, 5.74) is 2.45. The third-order valence-corrected chi connectivity index (χ3v) is 4.24. The SMILES string of the molecule is CN1CCN(C(=O)CC2COCCN2)Cc2ccccc21.Cl.Cl. The molecule has 0 radical (unpaired) electrons. The lowest BCUT2D eigenvalue weighted by molar-refractivity contribution is -0.132. The van der Waals surface area contributed by atoms with E-state index >= 15 is 0 Å². The molecular weight excluding hydrogens is 337 g/mol. The number of hydrogen-bond donors (Lipinski definition) is 1. The molecule has 1 aromatic carbocycles. The Morgan fingerprint density at radius 1 is 1.30 bits per heavy atom. The maximum Gasteiger partial charge on any atom is 0.224 e. The van der Waals surface area contributed by atoms with E-state index in [9.17, 15) is 4.79 Å². The Morgan fingerprint density at radius 2 is 2.09 bits per heavy atom. The fourth-order valence-corrected chi connectivity index (χ4v) is 3.00. The van der Waals surface area contributed by atoms with E-state index in [4.69, 9.17) is 4.74 Å². The van der Waals surface area contributed by atoms with Crippen LogP contribution in [0.1, 0.15) is 12.0 Å². The predicted octanol–water partition coefficient (Wildman–Crippen LogP) is 1.69. The van der Waals surface area contributed by atoms with Gasteiger partial charge in [0, 0.05) is 51.4 Å². The Labute approximate surface area is 150 Å². The van der Waals surface area contributed by atoms with Crippen molar-refractivity contribution in [3.63, 3.8) is 0 Å². The van der Waals surface area contributed by atoms with Crippen molar-refractivity contribution in [3.8, 4) is 0 Å². The molecule has 1 fully saturated rings. The van der Waals surface area contributed by atoms with Gasteiger partial charge < -0.3 is 19.9 Å². The molecule has 2 aliphatic rings. The van der Waals surface area contributed by atoms with Crippen LogP contribution in [0.15, 0.2) is 24.3 Å². The molecule has 7 heteroatoms. The fraction of sp³-hybridized carbons (Fsp3) is 0.562. The summed E-state index contributed by atoms with van der Waals surface area (Å²) < 4.78 is 5.43. The third-order valence-electron chi connectivity index (χ3n) is 4.24. The molecule has 5 nitrogen and oxygen atoms in total. The van der Waals surface area contributed by atoms with Gasteiger partial charge in [0.25, 0.3) is 0 Å². The molecule has 1 saturated heterocycles.